The molecule has 0 unspecified atom stereocenters. The number of rotatable bonds is 19. The van der Waals surface area contributed by atoms with Crippen LogP contribution in [-0.4, -0.2) is 109 Å². The van der Waals surface area contributed by atoms with E-state index in [1.807, 2.05) is 30.3 Å². The summed E-state index contributed by atoms with van der Waals surface area (Å²) >= 11 is 0. The Morgan fingerprint density at radius 1 is 0.969 bits per heavy atom. The molecule has 0 radical (unpaired) electrons. The molecule has 4 fully saturated rings. The second-order valence-electron chi connectivity index (χ2n) is 19.4. The van der Waals surface area contributed by atoms with Gasteiger partial charge in [-0.25, -0.2) is 4.79 Å². The van der Waals surface area contributed by atoms with Crippen molar-refractivity contribution in [3.8, 4) is 0 Å². The third kappa shape index (κ3) is 13.8. The first kappa shape index (κ1) is 51.5. The molecule has 3 aliphatic heterocycles. The van der Waals surface area contributed by atoms with Gasteiger partial charge in [0.1, 0.15) is 12.4 Å². The Hall–Kier alpha value is -3.50. The second kappa shape index (κ2) is 23.3. The molecular weight excluding hydrogens is 825 g/mol. The Labute approximate surface area is 379 Å². The van der Waals surface area contributed by atoms with E-state index in [4.69, 9.17) is 37.9 Å². The standard InChI is InChI=1S/C50H74O14/c1-32(2)43-19-18-33(3)30-49(43)59-23-20-41(63-49)28-40-17-12-16-39(61-40)26-38(53)27-46(55)62-44(34(4)58-31-36-14-10-9-11-15-36)29-42-24-37(25-45(54)57-8)47(60-35(5)52)50(56,64-42)48(6,7)21-13-22-51/h9-11,13-15,21-22,25,32-34,38-44,47,53,56H,12,16-20,23-24,26-31H2,1-8H3/b21-13+,37-25+/t33-,34-,38-,39+,40-,41+,42+,43+,44-,47+,49+,50-/m1/s1. The molecule has 3 heterocycles. The van der Waals surface area contributed by atoms with Gasteiger partial charge in [0.05, 0.1) is 63.4 Å². The van der Waals surface area contributed by atoms with E-state index in [1.54, 1.807) is 20.8 Å². The highest BCUT2D eigenvalue weighted by Crippen LogP contribution is 2.48. The molecule has 1 aromatic rings. The summed E-state index contributed by atoms with van der Waals surface area (Å²) in [6.07, 6.45) is 6.19. The van der Waals surface area contributed by atoms with Crippen molar-refractivity contribution < 1.29 is 67.3 Å². The zero-order valence-electron chi connectivity index (χ0n) is 39.2. The lowest BCUT2D eigenvalue weighted by atomic mass is 9.72. The van der Waals surface area contributed by atoms with Gasteiger partial charge < -0.3 is 48.1 Å². The largest absolute Gasteiger partial charge is 0.466 e. The molecule has 14 nitrogen and oxygen atoms in total. The first-order valence-corrected chi connectivity index (χ1v) is 23.4. The highest BCUT2D eigenvalue weighted by molar-refractivity contribution is 5.83. The van der Waals surface area contributed by atoms with Crippen molar-refractivity contribution in [1.82, 2.24) is 0 Å². The maximum atomic E-state index is 13.8. The number of methoxy groups -OCH3 is 1. The number of aldehydes is 1. The zero-order chi connectivity index (χ0) is 46.7. The van der Waals surface area contributed by atoms with Crippen LogP contribution in [0.4, 0.5) is 0 Å². The van der Waals surface area contributed by atoms with Crippen LogP contribution >= 0.6 is 0 Å². The average Bonchev–Trinajstić information content (AvgIpc) is 3.23. The number of aliphatic hydroxyl groups excluding tert-OH is 1. The summed E-state index contributed by atoms with van der Waals surface area (Å²) < 4.78 is 49.2. The van der Waals surface area contributed by atoms with Gasteiger partial charge >= 0.3 is 17.9 Å². The molecule has 1 aromatic carbocycles. The summed E-state index contributed by atoms with van der Waals surface area (Å²) in [5, 5.41) is 23.7. The molecule has 14 heteroatoms. The minimum absolute atomic E-state index is 0.0228. The molecule has 0 aromatic heterocycles. The number of allylic oxidation sites excluding steroid dienone is 1. The second-order valence-corrected chi connectivity index (χ2v) is 19.4. The van der Waals surface area contributed by atoms with Gasteiger partial charge in [0.25, 0.3) is 0 Å². The van der Waals surface area contributed by atoms with Crippen LogP contribution in [0.25, 0.3) is 0 Å². The quantitative estimate of drug-likeness (QED) is 0.0613. The fourth-order valence-corrected chi connectivity index (χ4v) is 10.1. The van der Waals surface area contributed by atoms with E-state index in [1.165, 1.54) is 32.6 Å². The molecule has 1 aliphatic carbocycles. The van der Waals surface area contributed by atoms with E-state index in [0.717, 1.165) is 56.6 Å². The molecule has 2 N–H and O–H groups in total. The highest BCUT2D eigenvalue weighted by atomic mass is 16.7. The molecule has 0 amide bonds. The number of carbonyl (C=O) groups is 4. The third-order valence-corrected chi connectivity index (χ3v) is 13.5. The maximum absolute atomic E-state index is 13.8. The van der Waals surface area contributed by atoms with Crippen molar-refractivity contribution >= 4 is 24.2 Å². The van der Waals surface area contributed by atoms with Crippen LogP contribution in [0.2, 0.25) is 0 Å². The van der Waals surface area contributed by atoms with Crippen molar-refractivity contribution in [2.45, 2.75) is 193 Å². The summed E-state index contributed by atoms with van der Waals surface area (Å²) in [7, 11) is 1.20. The lowest BCUT2D eigenvalue weighted by Crippen LogP contribution is -2.62. The summed E-state index contributed by atoms with van der Waals surface area (Å²) in [6, 6.07) is 9.49. The average molecular weight is 899 g/mol. The summed E-state index contributed by atoms with van der Waals surface area (Å²) in [4.78, 5) is 50.2. The van der Waals surface area contributed by atoms with Crippen molar-refractivity contribution in [2.24, 2.45) is 23.2 Å². The van der Waals surface area contributed by atoms with Crippen LogP contribution in [-0.2, 0) is 63.7 Å². The molecular formula is C50H74O14. The fourth-order valence-electron chi connectivity index (χ4n) is 10.1. The van der Waals surface area contributed by atoms with Gasteiger partial charge in [-0.2, -0.15) is 0 Å². The first-order valence-electron chi connectivity index (χ1n) is 23.4. The first-order chi connectivity index (χ1) is 30.4. The molecule has 64 heavy (non-hydrogen) atoms. The minimum atomic E-state index is -2.30. The highest BCUT2D eigenvalue weighted by Gasteiger charge is 2.57. The number of esters is 3. The molecule has 1 saturated carbocycles. The zero-order valence-corrected chi connectivity index (χ0v) is 39.2. The van der Waals surface area contributed by atoms with Crippen LogP contribution in [0.5, 0.6) is 0 Å². The summed E-state index contributed by atoms with van der Waals surface area (Å²) in [5.74, 6) is -3.66. The van der Waals surface area contributed by atoms with Gasteiger partial charge in [0, 0.05) is 43.6 Å². The van der Waals surface area contributed by atoms with Gasteiger partial charge in [-0.05, 0) is 80.9 Å². The SMILES string of the molecule is COC(=O)/C=C1\C[C@@H](C[C@@H](OC(=O)C[C@H](O)C[C@@H]2CCC[C@H](C[C@@H]3CCO[C@@]4(C[C@H](C)CC[C@H]4C(C)C)O3)O2)[C@@H](C)OCc2ccccc2)O[C@@](O)(C(C)(C)/C=C/C=O)[C@H]1OC(C)=O. The minimum Gasteiger partial charge on any atom is -0.466 e. The van der Waals surface area contributed by atoms with Gasteiger partial charge in [0.2, 0.25) is 5.79 Å². The molecule has 358 valence electrons. The van der Waals surface area contributed by atoms with E-state index in [0.29, 0.717) is 30.6 Å². The van der Waals surface area contributed by atoms with Crippen LogP contribution in [0.1, 0.15) is 131 Å². The van der Waals surface area contributed by atoms with E-state index < -0.39 is 65.4 Å². The van der Waals surface area contributed by atoms with E-state index in [-0.39, 0.29) is 56.2 Å². The van der Waals surface area contributed by atoms with Crippen LogP contribution in [0.15, 0.2) is 54.1 Å². The van der Waals surface area contributed by atoms with E-state index >= 15 is 0 Å². The number of hydrogen-bond donors (Lipinski definition) is 2. The van der Waals surface area contributed by atoms with Crippen LogP contribution in [0, 0.1) is 23.2 Å². The molecule has 1 spiro atoms. The van der Waals surface area contributed by atoms with Gasteiger partial charge in [-0.15, -0.1) is 0 Å². The third-order valence-electron chi connectivity index (χ3n) is 13.5. The number of aliphatic hydroxyl groups is 2. The Bertz CT molecular complexity index is 1740. The molecule has 0 bridgehead atoms. The van der Waals surface area contributed by atoms with Crippen LogP contribution in [0.3, 0.4) is 0 Å². The number of ether oxygens (including phenoxy) is 8. The molecule has 3 saturated heterocycles. The number of hydrogen-bond acceptors (Lipinski definition) is 14. The smallest absolute Gasteiger partial charge is 0.330 e. The van der Waals surface area contributed by atoms with Crippen molar-refractivity contribution in [3.63, 3.8) is 0 Å². The lowest BCUT2D eigenvalue weighted by Gasteiger charge is -2.51. The predicted molar refractivity (Wildman–Crippen MR) is 236 cm³/mol. The van der Waals surface area contributed by atoms with Crippen molar-refractivity contribution in [2.75, 3.05) is 13.7 Å². The van der Waals surface area contributed by atoms with Crippen LogP contribution < -0.4 is 0 Å². The van der Waals surface area contributed by atoms with Gasteiger partial charge in [-0.1, -0.05) is 77.4 Å². The fraction of sp³-hybridized carbons (Fsp3) is 0.720. The number of benzene rings is 1. The lowest BCUT2D eigenvalue weighted by molar-refractivity contribution is -0.342. The molecule has 4 aliphatic rings. The predicted octanol–water partition coefficient (Wildman–Crippen LogP) is 7.25. The normalized spacial score (nSPS) is 32.2. The Morgan fingerprint density at radius 3 is 2.39 bits per heavy atom. The topological polar surface area (TPSA) is 183 Å². The Morgan fingerprint density at radius 2 is 1.70 bits per heavy atom. The molecule has 12 atom stereocenters. The molecule has 5 rings (SSSR count). The van der Waals surface area contributed by atoms with E-state index in [9.17, 15) is 29.4 Å². The summed E-state index contributed by atoms with van der Waals surface area (Å²) in [5.41, 5.74) is -0.270. The monoisotopic (exact) mass is 899 g/mol. The van der Waals surface area contributed by atoms with Crippen molar-refractivity contribution in [3.05, 3.63) is 59.7 Å². The van der Waals surface area contributed by atoms with Gasteiger partial charge in [0.15, 0.2) is 11.9 Å². The maximum Gasteiger partial charge on any atom is 0.330 e. The van der Waals surface area contributed by atoms with Gasteiger partial charge in [-0.3, -0.25) is 14.4 Å². The van der Waals surface area contributed by atoms with Crippen molar-refractivity contribution in [1.29, 1.82) is 0 Å². The Balaban J connectivity index is 1.27. The Kier molecular flexibility index (Phi) is 18.7. The van der Waals surface area contributed by atoms with E-state index in [2.05, 4.69) is 20.8 Å². The number of carbonyl (C=O) groups excluding carboxylic acids is 4. The summed E-state index contributed by atoms with van der Waals surface area (Å²) in [6.45, 7) is 13.8.